The fourth-order valence-electron chi connectivity index (χ4n) is 1.75. The Morgan fingerprint density at radius 2 is 2.07 bits per heavy atom. The maximum Gasteiger partial charge on any atom is 0.0702 e. The molecule has 0 saturated carbocycles. The normalized spacial score (nSPS) is 10.8. The Morgan fingerprint density at radius 1 is 1.40 bits per heavy atom. The van der Waals surface area contributed by atoms with E-state index in [0.29, 0.717) is 6.04 Å². The number of halogens is 1. The zero-order chi connectivity index (χ0) is 11.4. The second-order valence-corrected chi connectivity index (χ2v) is 4.73. The van der Waals surface area contributed by atoms with Gasteiger partial charge in [-0.05, 0) is 32.9 Å². The molecule has 1 rings (SSSR count). The fraction of sp³-hybridized carbons (Fsp3) is 0.500. The Kier molecular flexibility index (Phi) is 4.61. The van der Waals surface area contributed by atoms with Gasteiger partial charge in [-0.25, -0.2) is 0 Å². The zero-order valence-corrected chi connectivity index (χ0v) is 11.1. The number of aliphatic hydroxyl groups excluding tert-OH is 1. The van der Waals surface area contributed by atoms with Crippen LogP contribution in [0, 0.1) is 0 Å². The molecule has 0 aliphatic rings. The molecule has 0 unspecified atom stereocenters. The first-order valence-electron chi connectivity index (χ1n) is 5.26. The zero-order valence-electron chi connectivity index (χ0n) is 9.50. The van der Waals surface area contributed by atoms with Crippen molar-refractivity contribution in [3.63, 3.8) is 0 Å². The van der Waals surface area contributed by atoms with Crippen molar-refractivity contribution in [2.45, 2.75) is 33.4 Å². The van der Waals surface area contributed by atoms with Crippen LogP contribution in [0.1, 0.15) is 26.3 Å². The average molecular weight is 272 g/mol. The number of nitrogens with zero attached hydrogens (tertiary/aromatic N) is 1. The summed E-state index contributed by atoms with van der Waals surface area (Å²) in [6.45, 7) is 7.48. The van der Waals surface area contributed by atoms with Crippen molar-refractivity contribution in [2.24, 2.45) is 0 Å². The second kappa shape index (κ2) is 5.52. The van der Waals surface area contributed by atoms with E-state index >= 15 is 0 Å². The minimum Gasteiger partial charge on any atom is -0.392 e. The molecule has 0 aromatic heterocycles. The third-order valence-corrected chi connectivity index (χ3v) is 2.98. The van der Waals surface area contributed by atoms with Crippen molar-refractivity contribution in [2.75, 3.05) is 11.4 Å². The summed E-state index contributed by atoms with van der Waals surface area (Å²) >= 11 is 3.46. The van der Waals surface area contributed by atoms with Gasteiger partial charge >= 0.3 is 0 Å². The summed E-state index contributed by atoms with van der Waals surface area (Å²) < 4.78 is 1.05. The molecule has 0 fully saturated rings. The Balaban J connectivity index is 3.13. The van der Waals surface area contributed by atoms with Gasteiger partial charge in [0.25, 0.3) is 0 Å². The minimum absolute atomic E-state index is 0.0891. The van der Waals surface area contributed by atoms with Crippen LogP contribution in [0.25, 0.3) is 0 Å². The molecule has 0 aliphatic carbocycles. The third-order valence-electron chi connectivity index (χ3n) is 2.49. The number of aliphatic hydroxyl groups is 1. The van der Waals surface area contributed by atoms with Crippen molar-refractivity contribution in [1.29, 1.82) is 0 Å². The van der Waals surface area contributed by atoms with E-state index in [2.05, 4.69) is 47.7 Å². The Hall–Kier alpha value is -0.540. The molecule has 1 N–H and O–H groups in total. The summed E-state index contributed by atoms with van der Waals surface area (Å²) in [6.07, 6.45) is 0. The summed E-state index contributed by atoms with van der Waals surface area (Å²) in [5, 5.41) is 9.29. The largest absolute Gasteiger partial charge is 0.392 e. The minimum atomic E-state index is 0.0891. The average Bonchev–Trinajstić information content (AvgIpc) is 2.18. The van der Waals surface area contributed by atoms with Crippen LogP contribution >= 0.6 is 15.9 Å². The highest BCUT2D eigenvalue weighted by Gasteiger charge is 2.12. The lowest BCUT2D eigenvalue weighted by molar-refractivity contribution is 0.282. The van der Waals surface area contributed by atoms with Crippen LogP contribution in [0.2, 0.25) is 0 Å². The van der Waals surface area contributed by atoms with E-state index in [1.165, 1.54) is 0 Å². The van der Waals surface area contributed by atoms with E-state index in [1.807, 2.05) is 12.1 Å². The van der Waals surface area contributed by atoms with Gasteiger partial charge in [0.05, 0.1) is 6.61 Å². The number of hydrogen-bond acceptors (Lipinski definition) is 2. The van der Waals surface area contributed by atoms with Gasteiger partial charge in [-0.3, -0.25) is 0 Å². The molecule has 0 radical (unpaired) electrons. The van der Waals surface area contributed by atoms with E-state index in [0.717, 1.165) is 22.3 Å². The summed E-state index contributed by atoms with van der Waals surface area (Å²) in [4.78, 5) is 2.27. The van der Waals surface area contributed by atoms with Crippen LogP contribution in [0.15, 0.2) is 22.7 Å². The van der Waals surface area contributed by atoms with E-state index in [-0.39, 0.29) is 6.61 Å². The summed E-state index contributed by atoms with van der Waals surface area (Å²) in [5.74, 6) is 0. The van der Waals surface area contributed by atoms with Crippen molar-refractivity contribution in [3.8, 4) is 0 Å². The third kappa shape index (κ3) is 2.95. The molecule has 1 aromatic rings. The molecule has 15 heavy (non-hydrogen) atoms. The first kappa shape index (κ1) is 12.5. The highest BCUT2D eigenvalue weighted by atomic mass is 79.9. The van der Waals surface area contributed by atoms with E-state index in [9.17, 15) is 5.11 Å². The summed E-state index contributed by atoms with van der Waals surface area (Å²) in [7, 11) is 0. The van der Waals surface area contributed by atoms with Crippen molar-refractivity contribution in [1.82, 2.24) is 0 Å². The lowest BCUT2D eigenvalue weighted by Gasteiger charge is -2.29. The standard InChI is InChI=1S/C12H18BrNO/c1-4-14(9(2)3)12-7-11(13)6-5-10(12)8-15/h5-7,9,15H,4,8H2,1-3H3. The lowest BCUT2D eigenvalue weighted by Crippen LogP contribution is -2.31. The van der Waals surface area contributed by atoms with E-state index < -0.39 is 0 Å². The molecule has 0 amide bonds. The first-order valence-corrected chi connectivity index (χ1v) is 6.05. The van der Waals surface area contributed by atoms with Gasteiger partial charge in [0.2, 0.25) is 0 Å². The molecule has 0 bridgehead atoms. The quantitative estimate of drug-likeness (QED) is 0.910. The molecular weight excluding hydrogens is 254 g/mol. The number of rotatable bonds is 4. The Labute approximate surface area is 100 Å². The predicted molar refractivity (Wildman–Crippen MR) is 68.2 cm³/mol. The molecule has 0 saturated heterocycles. The van der Waals surface area contributed by atoms with Gasteiger partial charge in [0.15, 0.2) is 0 Å². The van der Waals surface area contributed by atoms with Crippen LogP contribution in [0.5, 0.6) is 0 Å². The topological polar surface area (TPSA) is 23.5 Å². The maximum atomic E-state index is 9.29. The van der Waals surface area contributed by atoms with Gasteiger partial charge in [0.1, 0.15) is 0 Å². The molecule has 84 valence electrons. The van der Waals surface area contributed by atoms with Gasteiger partial charge in [-0.15, -0.1) is 0 Å². The fourth-order valence-corrected chi connectivity index (χ4v) is 2.10. The van der Waals surface area contributed by atoms with Crippen LogP contribution in [0.4, 0.5) is 5.69 Å². The molecule has 2 nitrogen and oxygen atoms in total. The molecule has 0 aliphatic heterocycles. The Bertz CT molecular complexity index is 325. The second-order valence-electron chi connectivity index (χ2n) is 3.81. The SMILES string of the molecule is CCN(c1cc(Br)ccc1CO)C(C)C. The van der Waals surface area contributed by atoms with Crippen molar-refractivity contribution >= 4 is 21.6 Å². The van der Waals surface area contributed by atoms with Crippen molar-refractivity contribution < 1.29 is 5.11 Å². The van der Waals surface area contributed by atoms with Gasteiger partial charge in [0, 0.05) is 28.3 Å². The maximum absolute atomic E-state index is 9.29. The monoisotopic (exact) mass is 271 g/mol. The van der Waals surface area contributed by atoms with E-state index in [4.69, 9.17) is 0 Å². The lowest BCUT2D eigenvalue weighted by atomic mass is 10.1. The molecule has 3 heteroatoms. The highest BCUT2D eigenvalue weighted by molar-refractivity contribution is 9.10. The molecule has 0 spiro atoms. The predicted octanol–water partition coefficient (Wildman–Crippen LogP) is 3.18. The molecule has 0 atom stereocenters. The molecule has 0 heterocycles. The van der Waals surface area contributed by atoms with Crippen LogP contribution in [0.3, 0.4) is 0 Å². The van der Waals surface area contributed by atoms with Crippen molar-refractivity contribution in [3.05, 3.63) is 28.2 Å². The van der Waals surface area contributed by atoms with Gasteiger partial charge < -0.3 is 10.0 Å². The molecular formula is C12H18BrNO. The molecule has 1 aromatic carbocycles. The Morgan fingerprint density at radius 3 is 2.53 bits per heavy atom. The van der Waals surface area contributed by atoms with Crippen LogP contribution < -0.4 is 4.90 Å². The van der Waals surface area contributed by atoms with Gasteiger partial charge in [-0.1, -0.05) is 22.0 Å². The summed E-state index contributed by atoms with van der Waals surface area (Å²) in [5.41, 5.74) is 2.10. The summed E-state index contributed by atoms with van der Waals surface area (Å²) in [6, 6.07) is 6.43. The van der Waals surface area contributed by atoms with Crippen LogP contribution in [-0.2, 0) is 6.61 Å². The first-order chi connectivity index (χ1) is 7.10. The number of anilines is 1. The smallest absolute Gasteiger partial charge is 0.0702 e. The highest BCUT2D eigenvalue weighted by Crippen LogP contribution is 2.26. The van der Waals surface area contributed by atoms with E-state index in [1.54, 1.807) is 0 Å². The van der Waals surface area contributed by atoms with Gasteiger partial charge in [-0.2, -0.15) is 0 Å². The number of benzene rings is 1. The van der Waals surface area contributed by atoms with Crippen LogP contribution in [-0.4, -0.2) is 17.7 Å². The number of hydrogen-bond donors (Lipinski definition) is 1.